The Morgan fingerprint density at radius 3 is 2.48 bits per heavy atom. The summed E-state index contributed by atoms with van der Waals surface area (Å²) in [5.74, 6) is 0.689. The number of benzene rings is 1. The maximum absolute atomic E-state index is 10.9. The Morgan fingerprint density at radius 1 is 1.29 bits per heavy atom. The first-order chi connectivity index (χ1) is 10.0. The van der Waals surface area contributed by atoms with Crippen molar-refractivity contribution in [3.63, 3.8) is 0 Å². The second kappa shape index (κ2) is 7.22. The topological polar surface area (TPSA) is 49.6 Å². The normalized spacial score (nSPS) is 16.5. The molecule has 1 heterocycles. The first-order valence-electron chi connectivity index (χ1n) is 7.32. The highest BCUT2D eigenvalue weighted by Crippen LogP contribution is 2.28. The van der Waals surface area contributed by atoms with Gasteiger partial charge in [-0.25, -0.2) is 0 Å². The summed E-state index contributed by atoms with van der Waals surface area (Å²) in [6.45, 7) is 9.68. The van der Waals surface area contributed by atoms with Gasteiger partial charge in [0, 0.05) is 55.9 Å². The van der Waals surface area contributed by atoms with E-state index < -0.39 is 0 Å². The van der Waals surface area contributed by atoms with Crippen molar-refractivity contribution < 1.29 is 4.92 Å². The van der Waals surface area contributed by atoms with Crippen molar-refractivity contribution in [3.05, 3.63) is 33.9 Å². The lowest BCUT2D eigenvalue weighted by Gasteiger charge is -2.37. The Balaban J connectivity index is 2.07. The van der Waals surface area contributed by atoms with Crippen LogP contribution in [0.15, 0.2) is 18.2 Å². The number of nitrogens with zero attached hydrogens (tertiary/aromatic N) is 3. The molecular formula is C15H22BrN3O2. The SMILES string of the molecule is CC(C)CN1CCN(c2ccc([N+](=O)[O-])cc2CBr)CC1. The van der Waals surface area contributed by atoms with Crippen LogP contribution in [0.5, 0.6) is 0 Å². The zero-order chi connectivity index (χ0) is 15.4. The van der Waals surface area contributed by atoms with Gasteiger partial charge in [0.15, 0.2) is 0 Å². The number of nitro groups is 1. The zero-order valence-electron chi connectivity index (χ0n) is 12.6. The molecule has 0 atom stereocenters. The molecule has 0 radical (unpaired) electrons. The van der Waals surface area contributed by atoms with E-state index in [1.807, 2.05) is 6.07 Å². The average molecular weight is 356 g/mol. The van der Waals surface area contributed by atoms with E-state index in [0.717, 1.165) is 44.0 Å². The van der Waals surface area contributed by atoms with Gasteiger partial charge in [-0.05, 0) is 17.5 Å². The van der Waals surface area contributed by atoms with Crippen LogP contribution in [-0.2, 0) is 5.33 Å². The standard InChI is InChI=1S/C15H22BrN3O2/c1-12(2)11-17-5-7-18(8-6-17)15-4-3-14(19(20)21)9-13(15)10-16/h3-4,9,12H,5-8,10-11H2,1-2H3. The van der Waals surface area contributed by atoms with Crippen LogP contribution in [0.2, 0.25) is 0 Å². The molecule has 2 rings (SSSR count). The van der Waals surface area contributed by atoms with E-state index in [0.29, 0.717) is 11.2 Å². The second-order valence-electron chi connectivity index (χ2n) is 5.89. The molecule has 1 aliphatic heterocycles. The van der Waals surface area contributed by atoms with Crippen LogP contribution in [0.1, 0.15) is 19.4 Å². The van der Waals surface area contributed by atoms with E-state index >= 15 is 0 Å². The van der Waals surface area contributed by atoms with E-state index in [1.165, 1.54) is 0 Å². The van der Waals surface area contributed by atoms with Crippen LogP contribution >= 0.6 is 15.9 Å². The lowest BCUT2D eigenvalue weighted by molar-refractivity contribution is -0.384. The average Bonchev–Trinajstić information content (AvgIpc) is 2.46. The molecule has 6 heteroatoms. The summed E-state index contributed by atoms with van der Waals surface area (Å²) in [4.78, 5) is 15.4. The molecule has 0 aromatic heterocycles. The van der Waals surface area contributed by atoms with Crippen molar-refractivity contribution in [2.24, 2.45) is 5.92 Å². The molecule has 0 spiro atoms. The number of hydrogen-bond acceptors (Lipinski definition) is 4. The number of rotatable bonds is 5. The van der Waals surface area contributed by atoms with E-state index in [1.54, 1.807) is 12.1 Å². The molecule has 0 bridgehead atoms. The highest BCUT2D eigenvalue weighted by Gasteiger charge is 2.20. The van der Waals surface area contributed by atoms with Crippen molar-refractivity contribution >= 4 is 27.3 Å². The summed E-state index contributed by atoms with van der Waals surface area (Å²) < 4.78 is 0. The highest BCUT2D eigenvalue weighted by atomic mass is 79.9. The third kappa shape index (κ3) is 4.17. The largest absolute Gasteiger partial charge is 0.369 e. The molecule has 1 saturated heterocycles. The molecule has 1 aromatic carbocycles. The number of nitro benzene ring substituents is 1. The quantitative estimate of drug-likeness (QED) is 0.462. The van der Waals surface area contributed by atoms with Crippen LogP contribution in [0.4, 0.5) is 11.4 Å². The smallest absolute Gasteiger partial charge is 0.269 e. The fourth-order valence-corrected chi connectivity index (χ4v) is 3.24. The van der Waals surface area contributed by atoms with Crippen LogP contribution in [0.3, 0.4) is 0 Å². The summed E-state index contributed by atoms with van der Waals surface area (Å²) >= 11 is 3.44. The Hall–Kier alpha value is -1.14. The molecule has 0 N–H and O–H groups in total. The summed E-state index contributed by atoms with van der Waals surface area (Å²) in [6, 6.07) is 5.15. The van der Waals surface area contributed by atoms with E-state index in [-0.39, 0.29) is 10.6 Å². The molecule has 1 aromatic rings. The van der Waals surface area contributed by atoms with Crippen molar-refractivity contribution in [1.82, 2.24) is 4.90 Å². The van der Waals surface area contributed by atoms with Gasteiger partial charge in [0.2, 0.25) is 0 Å². The molecule has 1 aliphatic rings. The number of alkyl halides is 1. The molecule has 0 amide bonds. The van der Waals surface area contributed by atoms with E-state index in [9.17, 15) is 10.1 Å². The molecule has 0 saturated carbocycles. The Kier molecular flexibility index (Phi) is 5.58. The van der Waals surface area contributed by atoms with E-state index in [4.69, 9.17) is 0 Å². The van der Waals surface area contributed by atoms with Crippen molar-refractivity contribution in [3.8, 4) is 0 Å². The van der Waals surface area contributed by atoms with Gasteiger partial charge in [-0.2, -0.15) is 0 Å². The van der Waals surface area contributed by atoms with Crippen LogP contribution in [0, 0.1) is 16.0 Å². The van der Waals surface area contributed by atoms with Crippen LogP contribution in [0.25, 0.3) is 0 Å². The second-order valence-corrected chi connectivity index (χ2v) is 6.45. The van der Waals surface area contributed by atoms with Crippen LogP contribution in [-0.4, -0.2) is 42.5 Å². The molecule has 0 aliphatic carbocycles. The number of halogens is 1. The predicted molar refractivity (Wildman–Crippen MR) is 89.2 cm³/mol. The van der Waals surface area contributed by atoms with Crippen molar-refractivity contribution in [2.75, 3.05) is 37.6 Å². The molecule has 116 valence electrons. The number of hydrogen-bond donors (Lipinski definition) is 0. The summed E-state index contributed by atoms with van der Waals surface area (Å²) in [7, 11) is 0. The number of non-ortho nitro benzene ring substituents is 1. The lowest BCUT2D eigenvalue weighted by atomic mass is 10.1. The molecule has 1 fully saturated rings. The monoisotopic (exact) mass is 355 g/mol. The minimum Gasteiger partial charge on any atom is -0.369 e. The minimum atomic E-state index is -0.337. The maximum atomic E-state index is 10.9. The first-order valence-corrected chi connectivity index (χ1v) is 8.44. The van der Waals surface area contributed by atoms with Gasteiger partial charge in [0.25, 0.3) is 5.69 Å². The minimum absolute atomic E-state index is 0.159. The third-order valence-electron chi connectivity index (χ3n) is 3.75. The number of anilines is 1. The Bertz CT molecular complexity index is 500. The zero-order valence-corrected chi connectivity index (χ0v) is 14.2. The third-order valence-corrected chi connectivity index (χ3v) is 4.36. The van der Waals surface area contributed by atoms with Gasteiger partial charge < -0.3 is 4.90 Å². The van der Waals surface area contributed by atoms with Gasteiger partial charge in [0.1, 0.15) is 0 Å². The molecule has 21 heavy (non-hydrogen) atoms. The molecule has 5 nitrogen and oxygen atoms in total. The lowest BCUT2D eigenvalue weighted by Crippen LogP contribution is -2.47. The summed E-state index contributed by atoms with van der Waals surface area (Å²) in [5.41, 5.74) is 2.26. The summed E-state index contributed by atoms with van der Waals surface area (Å²) in [6.07, 6.45) is 0. The summed E-state index contributed by atoms with van der Waals surface area (Å²) in [5, 5.41) is 11.5. The van der Waals surface area contributed by atoms with Crippen molar-refractivity contribution in [2.45, 2.75) is 19.2 Å². The predicted octanol–water partition coefficient (Wildman–Crippen LogP) is 3.27. The van der Waals surface area contributed by atoms with Gasteiger partial charge in [-0.1, -0.05) is 29.8 Å². The molecular weight excluding hydrogens is 334 g/mol. The fourth-order valence-electron chi connectivity index (χ4n) is 2.79. The Labute approximate surface area is 134 Å². The van der Waals surface area contributed by atoms with Gasteiger partial charge in [0.05, 0.1) is 4.92 Å². The van der Waals surface area contributed by atoms with Gasteiger partial charge >= 0.3 is 0 Å². The van der Waals surface area contributed by atoms with Crippen molar-refractivity contribution in [1.29, 1.82) is 0 Å². The number of piperazine rings is 1. The maximum Gasteiger partial charge on any atom is 0.269 e. The van der Waals surface area contributed by atoms with Gasteiger partial charge in [-0.3, -0.25) is 15.0 Å². The highest BCUT2D eigenvalue weighted by molar-refractivity contribution is 9.08. The first kappa shape index (κ1) is 16.2. The van der Waals surface area contributed by atoms with E-state index in [2.05, 4.69) is 39.6 Å². The fraction of sp³-hybridized carbons (Fsp3) is 0.600. The Morgan fingerprint density at radius 2 is 1.95 bits per heavy atom. The van der Waals surface area contributed by atoms with Crippen LogP contribution < -0.4 is 4.90 Å². The molecule has 0 unspecified atom stereocenters. The van der Waals surface area contributed by atoms with Gasteiger partial charge in [-0.15, -0.1) is 0 Å².